The van der Waals surface area contributed by atoms with E-state index in [-0.39, 0.29) is 61.3 Å². The highest BCUT2D eigenvalue weighted by molar-refractivity contribution is 6.00. The number of benzene rings is 4. The summed E-state index contributed by atoms with van der Waals surface area (Å²) in [6.45, 7) is 6.49. The van der Waals surface area contributed by atoms with E-state index in [9.17, 15) is 33.6 Å². The average molecular weight is 1000 g/mol. The fourth-order valence-corrected chi connectivity index (χ4v) is 8.13. The minimum atomic E-state index is -1.41. The second-order valence-corrected chi connectivity index (χ2v) is 17.2. The number of nitrogens with zero attached hydrogens (tertiary/aromatic N) is 2. The van der Waals surface area contributed by atoms with Crippen LogP contribution in [0, 0.1) is 5.92 Å². The van der Waals surface area contributed by atoms with Crippen LogP contribution < -0.4 is 30.3 Å². The Hall–Kier alpha value is -8.15. The van der Waals surface area contributed by atoms with Gasteiger partial charge >= 0.3 is 17.9 Å². The summed E-state index contributed by atoms with van der Waals surface area (Å²) in [5.74, 6) is -4.02. The molecular weight excluding hydrogens is 939 g/mol. The Morgan fingerprint density at radius 3 is 2.21 bits per heavy atom. The second-order valence-electron chi connectivity index (χ2n) is 17.2. The van der Waals surface area contributed by atoms with Crippen LogP contribution in [0.2, 0.25) is 0 Å². The van der Waals surface area contributed by atoms with Gasteiger partial charge in [0.2, 0.25) is 12.3 Å². The first-order chi connectivity index (χ1) is 35.4. The van der Waals surface area contributed by atoms with Gasteiger partial charge in [0, 0.05) is 12.6 Å². The van der Waals surface area contributed by atoms with Crippen molar-refractivity contribution < 1.29 is 61.8 Å². The van der Waals surface area contributed by atoms with E-state index in [1.165, 1.54) is 12.1 Å². The molecule has 4 aromatic carbocycles. The number of unbranched alkanes of at least 4 members (excludes halogenated alkanes) is 3. The van der Waals surface area contributed by atoms with Crippen LogP contribution in [0.3, 0.4) is 0 Å². The lowest BCUT2D eigenvalue weighted by molar-refractivity contribution is -0.171. The normalized spacial score (nSPS) is 12.9. The summed E-state index contributed by atoms with van der Waals surface area (Å²) in [6.07, 6.45) is 4.01. The molecule has 0 saturated carbocycles. The number of nitrogens with one attached hydrogen (secondary N) is 3. The molecular formula is C55H63N5O13. The molecule has 73 heavy (non-hydrogen) atoms. The van der Waals surface area contributed by atoms with Gasteiger partial charge in [-0.05, 0) is 73.4 Å². The first kappa shape index (κ1) is 54.2. The summed E-state index contributed by atoms with van der Waals surface area (Å²) in [7, 11) is 1.88. The number of carbonyl (C=O) groups excluding carboxylic acids is 7. The Balaban J connectivity index is 1.09. The van der Waals surface area contributed by atoms with Gasteiger partial charge in [-0.15, -0.1) is 0 Å². The summed E-state index contributed by atoms with van der Waals surface area (Å²) in [6, 6.07) is 28.2. The van der Waals surface area contributed by atoms with Crippen LogP contribution in [0.1, 0.15) is 108 Å². The zero-order valence-corrected chi connectivity index (χ0v) is 41.6. The molecule has 1 aromatic heterocycles. The molecule has 0 saturated heterocycles. The van der Waals surface area contributed by atoms with E-state index >= 15 is 0 Å². The molecule has 1 aliphatic heterocycles. The molecule has 0 fully saturated rings. The van der Waals surface area contributed by atoms with E-state index in [4.69, 9.17) is 28.2 Å². The molecule has 3 atom stereocenters. The molecule has 386 valence electrons. The zero-order chi connectivity index (χ0) is 52.1. The van der Waals surface area contributed by atoms with Crippen LogP contribution in [0.5, 0.6) is 11.5 Å². The summed E-state index contributed by atoms with van der Waals surface area (Å²) >= 11 is 0. The number of likely N-dealkylation sites (N-methyl/N-ethyl adjacent to an activating group) is 1. The maximum absolute atomic E-state index is 13.9. The van der Waals surface area contributed by atoms with Gasteiger partial charge in [0.15, 0.2) is 5.76 Å². The summed E-state index contributed by atoms with van der Waals surface area (Å²) in [4.78, 5) is 101. The lowest BCUT2D eigenvalue weighted by Gasteiger charge is -2.32. The van der Waals surface area contributed by atoms with Crippen molar-refractivity contribution in [2.24, 2.45) is 5.92 Å². The van der Waals surface area contributed by atoms with E-state index in [0.717, 1.165) is 29.9 Å². The summed E-state index contributed by atoms with van der Waals surface area (Å²) < 4.78 is 28.4. The van der Waals surface area contributed by atoms with Gasteiger partial charge in [0.05, 0.1) is 55.0 Å². The van der Waals surface area contributed by atoms with Crippen LogP contribution in [0.4, 0.5) is 5.69 Å². The van der Waals surface area contributed by atoms with E-state index < -0.39 is 60.1 Å². The maximum atomic E-state index is 13.9. The van der Waals surface area contributed by atoms with Gasteiger partial charge in [0.1, 0.15) is 43.1 Å². The van der Waals surface area contributed by atoms with Gasteiger partial charge in [0.25, 0.3) is 11.8 Å². The highest BCUT2D eigenvalue weighted by Gasteiger charge is 2.34. The molecule has 2 heterocycles. The number of furan rings is 1. The van der Waals surface area contributed by atoms with E-state index in [1.54, 1.807) is 98.8 Å². The fourth-order valence-electron chi connectivity index (χ4n) is 8.13. The first-order valence-electron chi connectivity index (χ1n) is 24.5. The molecule has 18 heteroatoms. The highest BCUT2D eigenvalue weighted by Crippen LogP contribution is 2.33. The number of hydroxylamine groups is 2. The maximum Gasteiger partial charge on any atom is 0.363 e. The fraction of sp³-hybridized carbons (Fsp3) is 0.364. The minimum absolute atomic E-state index is 0.0297. The van der Waals surface area contributed by atoms with E-state index in [0.29, 0.717) is 55.0 Å². The van der Waals surface area contributed by atoms with Crippen molar-refractivity contribution in [2.45, 2.75) is 91.0 Å². The Morgan fingerprint density at radius 1 is 0.795 bits per heavy atom. The predicted molar refractivity (Wildman–Crippen MR) is 269 cm³/mol. The van der Waals surface area contributed by atoms with Crippen molar-refractivity contribution in [1.82, 2.24) is 21.0 Å². The number of fused-ring (bicyclic) bond motifs is 1. The van der Waals surface area contributed by atoms with Crippen LogP contribution in [0.15, 0.2) is 114 Å². The van der Waals surface area contributed by atoms with Crippen molar-refractivity contribution in [2.75, 3.05) is 38.4 Å². The Kier molecular flexibility index (Phi) is 20.4. The van der Waals surface area contributed by atoms with Gasteiger partial charge in [-0.25, -0.2) is 9.59 Å². The van der Waals surface area contributed by atoms with Gasteiger partial charge in [-0.1, -0.05) is 106 Å². The number of carbonyl (C=O) groups is 7. The van der Waals surface area contributed by atoms with Gasteiger partial charge < -0.3 is 49.1 Å². The number of anilines is 1. The van der Waals surface area contributed by atoms with Crippen molar-refractivity contribution in [3.63, 3.8) is 0 Å². The lowest BCUT2D eigenvalue weighted by Crippen LogP contribution is -2.49. The summed E-state index contributed by atoms with van der Waals surface area (Å²) in [5.41, 5.74) is 2.87. The highest BCUT2D eigenvalue weighted by atomic mass is 16.7. The predicted octanol–water partition coefficient (Wildman–Crippen LogP) is 7.55. The quantitative estimate of drug-likeness (QED) is 0.0152. The minimum Gasteiger partial charge on any atom is -0.493 e. The number of ether oxygens (including phenoxy) is 4. The van der Waals surface area contributed by atoms with Crippen LogP contribution >= 0.6 is 0 Å². The standard InChI is InChI=1S/C55H63N5O13/c1-5-8-9-16-21-41(44(6-2)60(36-61)73-54(66)40-23-25-47-45(30-40)59(4)28-29-69-47)51(63)56-35-57-53(65)48-27-26-46(72-48)39-22-24-42(49(31-39)68-7-3)52(64)58-43(55(67)71-34-38-19-14-11-15-20-38)32-50(62)70-33-37-17-12-10-13-18-37/h10-15,17-20,22-27,30-31,36,41,43-44H,5-9,16,21,28-29,32-35H2,1-4H3,(H,56,63)(H,57,65)(H,58,64)/t41-,43+,44-/m1/s1. The monoisotopic (exact) mass is 1000 g/mol. The van der Waals surface area contributed by atoms with Crippen molar-refractivity contribution in [1.29, 1.82) is 0 Å². The smallest absolute Gasteiger partial charge is 0.363 e. The average Bonchev–Trinajstić information content (AvgIpc) is 3.91. The molecule has 0 unspecified atom stereocenters. The number of hydrogen-bond acceptors (Lipinski definition) is 14. The molecule has 0 radical (unpaired) electrons. The molecule has 1 aliphatic rings. The molecule has 4 amide bonds. The zero-order valence-electron chi connectivity index (χ0n) is 41.6. The van der Waals surface area contributed by atoms with E-state index in [1.807, 2.05) is 24.1 Å². The number of esters is 2. The van der Waals surface area contributed by atoms with Crippen molar-refractivity contribution in [3.05, 3.63) is 137 Å². The van der Waals surface area contributed by atoms with Crippen molar-refractivity contribution >= 4 is 47.7 Å². The van der Waals surface area contributed by atoms with Gasteiger partial charge in [-0.3, -0.25) is 24.0 Å². The number of rotatable bonds is 27. The largest absolute Gasteiger partial charge is 0.493 e. The second kappa shape index (κ2) is 27.5. The third-order valence-electron chi connectivity index (χ3n) is 12.1. The third kappa shape index (κ3) is 15.4. The number of amides is 4. The lowest BCUT2D eigenvalue weighted by atomic mass is 9.90. The molecule has 5 aromatic rings. The Labute approximate surface area is 424 Å². The van der Waals surface area contributed by atoms with Gasteiger partial charge in [-0.2, -0.15) is 5.06 Å². The molecule has 6 rings (SSSR count). The van der Waals surface area contributed by atoms with Crippen molar-refractivity contribution in [3.8, 4) is 22.8 Å². The molecule has 0 aliphatic carbocycles. The molecule has 0 spiro atoms. The molecule has 18 nitrogen and oxygen atoms in total. The molecule has 3 N–H and O–H groups in total. The summed E-state index contributed by atoms with van der Waals surface area (Å²) in [5, 5.41) is 8.92. The SMILES string of the molecule is CCCCCC[C@@H](C(=O)NCNC(=O)c1ccc(-c2ccc(C(=O)N[C@@H](CC(=O)OCc3ccccc3)C(=O)OCc3ccccc3)c(OCC)c2)o1)[C@@H](CC)N(C=O)OC(=O)c1ccc2c(c1)N(C)CCO2. The Bertz CT molecular complexity index is 2660. The topological polar surface area (TPSA) is 221 Å². The first-order valence-corrected chi connectivity index (χ1v) is 24.5. The molecule has 0 bridgehead atoms. The Morgan fingerprint density at radius 2 is 1.52 bits per heavy atom. The van der Waals surface area contributed by atoms with Crippen LogP contribution in [-0.2, 0) is 46.7 Å². The van der Waals surface area contributed by atoms with E-state index in [2.05, 4.69) is 22.9 Å². The third-order valence-corrected chi connectivity index (χ3v) is 12.1. The van der Waals surface area contributed by atoms with Crippen LogP contribution in [-0.4, -0.2) is 92.7 Å². The number of hydrogen-bond donors (Lipinski definition) is 3. The van der Waals surface area contributed by atoms with Crippen LogP contribution in [0.25, 0.3) is 11.3 Å².